The molecule has 5 nitrogen and oxygen atoms in total. The molecule has 0 aromatic heterocycles. The lowest BCUT2D eigenvalue weighted by Crippen LogP contribution is -2.26. The minimum absolute atomic E-state index is 0.195. The third kappa shape index (κ3) is 6.40. The quantitative estimate of drug-likeness (QED) is 0.675. The van der Waals surface area contributed by atoms with Crippen molar-refractivity contribution >= 4 is 21.6 Å². The Bertz CT molecular complexity index is 888. The molecule has 146 valence electrons. The summed E-state index contributed by atoms with van der Waals surface area (Å²) in [4.78, 5) is 12.4. The first-order valence-corrected chi connectivity index (χ1v) is 11.0. The Hall–Kier alpha value is -2.34. The van der Waals surface area contributed by atoms with E-state index in [-0.39, 0.29) is 5.91 Å². The zero-order valence-electron chi connectivity index (χ0n) is 16.4. The predicted molar refractivity (Wildman–Crippen MR) is 111 cm³/mol. The molecule has 6 heteroatoms. The normalized spacial score (nSPS) is 11.4. The first-order chi connectivity index (χ1) is 12.7. The number of carbonyl (C=O) groups is 1. The van der Waals surface area contributed by atoms with Crippen LogP contribution < -0.4 is 10.0 Å². The van der Waals surface area contributed by atoms with Crippen LogP contribution in [-0.4, -0.2) is 27.1 Å². The van der Waals surface area contributed by atoms with Gasteiger partial charge in [0.1, 0.15) is 0 Å². The van der Waals surface area contributed by atoms with Gasteiger partial charge in [-0.25, -0.2) is 8.42 Å². The Labute approximate surface area is 162 Å². The number of aryl methyl sites for hydroxylation is 1. The molecule has 0 atom stereocenters. The molecule has 27 heavy (non-hydrogen) atoms. The molecule has 0 saturated carbocycles. The lowest BCUT2D eigenvalue weighted by Gasteiger charge is -2.12. The van der Waals surface area contributed by atoms with Crippen molar-refractivity contribution in [3.05, 3.63) is 64.7 Å². The number of anilines is 1. The average Bonchev–Trinajstić information content (AvgIpc) is 2.59. The molecular formula is C21H28N2O3S. The van der Waals surface area contributed by atoms with E-state index >= 15 is 0 Å². The molecule has 0 bridgehead atoms. The van der Waals surface area contributed by atoms with E-state index < -0.39 is 10.0 Å². The van der Waals surface area contributed by atoms with Gasteiger partial charge in [0.05, 0.1) is 11.9 Å². The van der Waals surface area contributed by atoms with Crippen molar-refractivity contribution in [1.29, 1.82) is 0 Å². The van der Waals surface area contributed by atoms with Crippen LogP contribution in [0, 0.1) is 6.92 Å². The second-order valence-corrected chi connectivity index (χ2v) is 8.86. The third-order valence-electron chi connectivity index (χ3n) is 4.45. The number of nitrogens with one attached hydrogen (secondary N) is 2. The Morgan fingerprint density at radius 3 is 2.33 bits per heavy atom. The minimum Gasteiger partial charge on any atom is -0.352 e. The number of amides is 1. The van der Waals surface area contributed by atoms with E-state index in [0.717, 1.165) is 19.1 Å². The maximum Gasteiger partial charge on any atom is 0.251 e. The van der Waals surface area contributed by atoms with Crippen LogP contribution in [0.15, 0.2) is 42.5 Å². The van der Waals surface area contributed by atoms with Crippen LogP contribution in [0.25, 0.3) is 0 Å². The first-order valence-electron chi connectivity index (χ1n) is 9.12. The lowest BCUT2D eigenvalue weighted by atomic mass is 10.0. The van der Waals surface area contributed by atoms with Crippen molar-refractivity contribution in [3.63, 3.8) is 0 Å². The van der Waals surface area contributed by atoms with E-state index in [4.69, 9.17) is 0 Å². The highest BCUT2D eigenvalue weighted by Crippen LogP contribution is 2.20. The SMILES string of the molecule is Cc1c(NS(C)(=O)=O)cccc1C(=O)NCCCc1ccc(C(C)C)cc1. The van der Waals surface area contributed by atoms with Gasteiger partial charge in [-0.3, -0.25) is 9.52 Å². The maximum atomic E-state index is 12.4. The molecule has 0 fully saturated rings. The standard InChI is InChI=1S/C21H28N2O3S/c1-15(2)18-12-10-17(11-13-18)7-6-14-22-21(24)19-8-5-9-20(16(19)3)23-27(4,25)26/h5,8-13,15,23H,6-7,14H2,1-4H3,(H,22,24). The Kier molecular flexibility index (Phi) is 7.02. The van der Waals surface area contributed by atoms with Crippen LogP contribution >= 0.6 is 0 Å². The van der Waals surface area contributed by atoms with Crippen molar-refractivity contribution < 1.29 is 13.2 Å². The van der Waals surface area contributed by atoms with Gasteiger partial charge in [-0.1, -0.05) is 44.2 Å². The van der Waals surface area contributed by atoms with Crippen LogP contribution in [0.4, 0.5) is 5.69 Å². The molecule has 2 aromatic rings. The van der Waals surface area contributed by atoms with Crippen molar-refractivity contribution in [3.8, 4) is 0 Å². The fourth-order valence-corrected chi connectivity index (χ4v) is 3.47. The molecule has 0 aliphatic heterocycles. The van der Waals surface area contributed by atoms with E-state index in [9.17, 15) is 13.2 Å². The van der Waals surface area contributed by atoms with Crippen molar-refractivity contribution in [2.45, 2.75) is 39.5 Å². The zero-order valence-corrected chi connectivity index (χ0v) is 17.2. The minimum atomic E-state index is -3.38. The Balaban J connectivity index is 1.89. The molecule has 1 amide bonds. The van der Waals surface area contributed by atoms with Gasteiger partial charge in [-0.2, -0.15) is 0 Å². The summed E-state index contributed by atoms with van der Waals surface area (Å²) in [6, 6.07) is 13.6. The van der Waals surface area contributed by atoms with E-state index in [1.54, 1.807) is 25.1 Å². The highest BCUT2D eigenvalue weighted by Gasteiger charge is 2.13. The number of hydrogen-bond donors (Lipinski definition) is 2. The summed E-state index contributed by atoms with van der Waals surface area (Å²) < 4.78 is 25.3. The van der Waals surface area contributed by atoms with Crippen LogP contribution in [0.1, 0.15) is 53.2 Å². The summed E-state index contributed by atoms with van der Waals surface area (Å²) in [6.07, 6.45) is 2.83. The van der Waals surface area contributed by atoms with Gasteiger partial charge < -0.3 is 5.32 Å². The van der Waals surface area contributed by atoms with Crippen LogP contribution in [0.5, 0.6) is 0 Å². The second-order valence-electron chi connectivity index (χ2n) is 7.11. The number of carbonyl (C=O) groups excluding carboxylic acids is 1. The number of rotatable bonds is 8. The number of sulfonamides is 1. The molecule has 0 unspecified atom stereocenters. The Morgan fingerprint density at radius 1 is 1.07 bits per heavy atom. The molecule has 0 radical (unpaired) electrons. The monoisotopic (exact) mass is 388 g/mol. The Morgan fingerprint density at radius 2 is 1.74 bits per heavy atom. The van der Waals surface area contributed by atoms with E-state index in [0.29, 0.717) is 29.3 Å². The van der Waals surface area contributed by atoms with Crippen molar-refractivity contribution in [2.24, 2.45) is 0 Å². The second kappa shape index (κ2) is 9.04. The van der Waals surface area contributed by atoms with Gasteiger partial charge in [0, 0.05) is 12.1 Å². The fourth-order valence-electron chi connectivity index (χ4n) is 2.85. The largest absolute Gasteiger partial charge is 0.352 e. The first kappa shape index (κ1) is 21.0. The summed E-state index contributed by atoms with van der Waals surface area (Å²) >= 11 is 0. The van der Waals surface area contributed by atoms with Crippen LogP contribution in [0.3, 0.4) is 0 Å². The van der Waals surface area contributed by atoms with Gasteiger partial charge in [0.2, 0.25) is 10.0 Å². The van der Waals surface area contributed by atoms with Gasteiger partial charge >= 0.3 is 0 Å². The average molecular weight is 389 g/mol. The number of benzene rings is 2. The van der Waals surface area contributed by atoms with Crippen molar-refractivity contribution in [2.75, 3.05) is 17.5 Å². The van der Waals surface area contributed by atoms with Crippen LogP contribution in [-0.2, 0) is 16.4 Å². The van der Waals surface area contributed by atoms with Gasteiger partial charge in [-0.15, -0.1) is 0 Å². The molecule has 0 aliphatic carbocycles. The molecule has 0 aliphatic rings. The molecule has 2 N–H and O–H groups in total. The van der Waals surface area contributed by atoms with Crippen LogP contribution in [0.2, 0.25) is 0 Å². The molecular weight excluding hydrogens is 360 g/mol. The van der Waals surface area contributed by atoms with E-state index in [1.807, 2.05) is 0 Å². The molecule has 0 heterocycles. The highest BCUT2D eigenvalue weighted by molar-refractivity contribution is 7.92. The maximum absolute atomic E-state index is 12.4. The summed E-state index contributed by atoms with van der Waals surface area (Å²) in [5, 5.41) is 2.91. The molecule has 2 rings (SSSR count). The summed E-state index contributed by atoms with van der Waals surface area (Å²) in [7, 11) is -3.38. The molecule has 0 spiro atoms. The summed E-state index contributed by atoms with van der Waals surface area (Å²) in [5.41, 5.74) is 4.10. The van der Waals surface area contributed by atoms with Gasteiger partial charge in [-0.05, 0) is 54.5 Å². The van der Waals surface area contributed by atoms with Crippen molar-refractivity contribution in [1.82, 2.24) is 5.32 Å². The zero-order chi connectivity index (χ0) is 20.0. The van der Waals surface area contributed by atoms with E-state index in [2.05, 4.69) is 48.2 Å². The fraction of sp³-hybridized carbons (Fsp3) is 0.381. The summed E-state index contributed by atoms with van der Waals surface area (Å²) in [5.74, 6) is 0.328. The predicted octanol–water partition coefficient (Wildman–Crippen LogP) is 3.85. The van der Waals surface area contributed by atoms with Gasteiger partial charge in [0.25, 0.3) is 5.91 Å². The molecule has 0 saturated heterocycles. The lowest BCUT2D eigenvalue weighted by molar-refractivity contribution is 0.0952. The number of hydrogen-bond acceptors (Lipinski definition) is 3. The topological polar surface area (TPSA) is 75.3 Å². The summed E-state index contributed by atoms with van der Waals surface area (Å²) in [6.45, 7) is 6.65. The third-order valence-corrected chi connectivity index (χ3v) is 5.04. The smallest absolute Gasteiger partial charge is 0.251 e. The van der Waals surface area contributed by atoms with Gasteiger partial charge in [0.15, 0.2) is 0 Å². The highest BCUT2D eigenvalue weighted by atomic mass is 32.2. The molecule has 2 aromatic carbocycles. The van der Waals surface area contributed by atoms with E-state index in [1.165, 1.54) is 11.1 Å².